The van der Waals surface area contributed by atoms with Crippen molar-refractivity contribution in [3.63, 3.8) is 0 Å². The zero-order valence-electron chi connectivity index (χ0n) is 14.5. The van der Waals surface area contributed by atoms with Crippen LogP contribution < -0.4 is 4.90 Å². The van der Waals surface area contributed by atoms with E-state index in [1.807, 2.05) is 4.90 Å². The molecule has 1 fully saturated rings. The lowest BCUT2D eigenvalue weighted by Crippen LogP contribution is -2.49. The third-order valence-corrected chi connectivity index (χ3v) is 6.32. The molecule has 3 aromatic rings. The third-order valence-electron chi connectivity index (χ3n) is 4.37. The van der Waals surface area contributed by atoms with Gasteiger partial charge < -0.3 is 4.90 Å². The van der Waals surface area contributed by atoms with Crippen molar-refractivity contribution in [2.24, 2.45) is 0 Å². The maximum absolute atomic E-state index is 13.9. The molecule has 0 unspecified atom stereocenters. The SMILES string of the molecule is O=S(=O)(c1c(F)cccc1F)N1CCN(c2cc(-n3cncn3)ncn2)CC1. The molecule has 28 heavy (non-hydrogen) atoms. The molecule has 1 aliphatic heterocycles. The summed E-state index contributed by atoms with van der Waals surface area (Å²) in [6, 6.07) is 4.69. The lowest BCUT2D eigenvalue weighted by atomic mass is 10.3. The molecular weight excluding hydrogens is 392 g/mol. The van der Waals surface area contributed by atoms with Gasteiger partial charge in [-0.05, 0) is 12.1 Å². The topological polar surface area (TPSA) is 97.1 Å². The fraction of sp³-hybridized carbons (Fsp3) is 0.250. The Labute approximate surface area is 159 Å². The van der Waals surface area contributed by atoms with Crippen molar-refractivity contribution < 1.29 is 17.2 Å². The number of anilines is 1. The van der Waals surface area contributed by atoms with Crippen molar-refractivity contribution in [2.75, 3.05) is 31.1 Å². The summed E-state index contributed by atoms with van der Waals surface area (Å²) in [5.41, 5.74) is 0. The van der Waals surface area contributed by atoms with E-state index in [1.165, 1.54) is 23.7 Å². The van der Waals surface area contributed by atoms with Gasteiger partial charge in [-0.15, -0.1) is 0 Å². The first-order chi connectivity index (χ1) is 13.5. The number of rotatable bonds is 4. The van der Waals surface area contributed by atoms with E-state index in [-0.39, 0.29) is 13.1 Å². The predicted octanol–water partition coefficient (Wildman–Crippen LogP) is 0.846. The average Bonchev–Trinajstić information content (AvgIpc) is 3.23. The van der Waals surface area contributed by atoms with Crippen LogP contribution in [0.5, 0.6) is 0 Å². The molecule has 0 amide bonds. The number of hydrogen-bond donors (Lipinski definition) is 0. The van der Waals surface area contributed by atoms with Crippen molar-refractivity contribution in [3.05, 3.63) is 54.9 Å². The predicted molar refractivity (Wildman–Crippen MR) is 94.3 cm³/mol. The Hall–Kier alpha value is -2.99. The van der Waals surface area contributed by atoms with E-state index in [0.29, 0.717) is 24.7 Å². The molecule has 0 aliphatic carbocycles. The number of hydrogen-bond acceptors (Lipinski definition) is 7. The first-order valence-electron chi connectivity index (χ1n) is 8.33. The molecule has 1 aliphatic rings. The van der Waals surface area contributed by atoms with Crippen LogP contribution in [-0.2, 0) is 10.0 Å². The standard InChI is InChI=1S/C16H15F2N7O2S/c17-12-2-1-3-13(18)16(12)28(26,27)24-6-4-23(5-7-24)14-8-15(21-10-20-14)25-11-19-9-22-25/h1-3,8-11H,4-7H2. The van der Waals surface area contributed by atoms with Gasteiger partial charge in [0.15, 0.2) is 10.7 Å². The van der Waals surface area contributed by atoms with Crippen molar-refractivity contribution in [1.82, 2.24) is 29.0 Å². The first kappa shape index (κ1) is 18.4. The minimum atomic E-state index is -4.27. The number of aromatic nitrogens is 5. The Morgan fingerprint density at radius 3 is 2.25 bits per heavy atom. The van der Waals surface area contributed by atoms with E-state index in [1.54, 1.807) is 6.07 Å². The fourth-order valence-corrected chi connectivity index (χ4v) is 4.51. The van der Waals surface area contributed by atoms with Crippen LogP contribution in [0.2, 0.25) is 0 Å². The minimum absolute atomic E-state index is 0.0682. The van der Waals surface area contributed by atoms with Gasteiger partial charge in [-0.25, -0.2) is 36.8 Å². The largest absolute Gasteiger partial charge is 0.354 e. The van der Waals surface area contributed by atoms with E-state index in [9.17, 15) is 17.2 Å². The summed E-state index contributed by atoms with van der Waals surface area (Å²) >= 11 is 0. The smallest absolute Gasteiger partial charge is 0.249 e. The molecule has 3 heterocycles. The van der Waals surface area contributed by atoms with Crippen molar-refractivity contribution in [2.45, 2.75) is 4.90 Å². The number of sulfonamides is 1. The number of benzene rings is 1. The first-order valence-corrected chi connectivity index (χ1v) is 9.77. The Balaban J connectivity index is 1.52. The molecule has 1 aromatic carbocycles. The molecule has 0 atom stereocenters. The normalized spacial score (nSPS) is 15.7. The van der Waals surface area contributed by atoms with Gasteiger partial charge in [-0.3, -0.25) is 0 Å². The Kier molecular flexibility index (Phi) is 4.73. The maximum atomic E-state index is 13.9. The van der Waals surface area contributed by atoms with Crippen LogP contribution >= 0.6 is 0 Å². The van der Waals surface area contributed by atoms with Crippen LogP contribution in [0.15, 0.2) is 48.1 Å². The highest BCUT2D eigenvalue weighted by Gasteiger charge is 2.33. The van der Waals surface area contributed by atoms with Gasteiger partial charge in [0, 0.05) is 32.2 Å². The van der Waals surface area contributed by atoms with E-state index in [4.69, 9.17) is 0 Å². The lowest BCUT2D eigenvalue weighted by molar-refractivity contribution is 0.377. The van der Waals surface area contributed by atoms with Gasteiger partial charge in [0.05, 0.1) is 0 Å². The summed E-state index contributed by atoms with van der Waals surface area (Å²) < 4.78 is 55.8. The molecule has 9 nitrogen and oxygen atoms in total. The average molecular weight is 407 g/mol. The van der Waals surface area contributed by atoms with Gasteiger partial charge in [0.1, 0.15) is 36.4 Å². The molecule has 0 N–H and O–H groups in total. The quantitative estimate of drug-likeness (QED) is 0.632. The van der Waals surface area contributed by atoms with Crippen LogP contribution in [0.3, 0.4) is 0 Å². The molecule has 146 valence electrons. The van der Waals surface area contributed by atoms with E-state index < -0.39 is 26.6 Å². The zero-order valence-corrected chi connectivity index (χ0v) is 15.3. The zero-order chi connectivity index (χ0) is 19.7. The van der Waals surface area contributed by atoms with E-state index in [0.717, 1.165) is 22.5 Å². The van der Waals surface area contributed by atoms with Gasteiger partial charge in [0.25, 0.3) is 0 Å². The number of halogens is 2. The van der Waals surface area contributed by atoms with E-state index >= 15 is 0 Å². The van der Waals surface area contributed by atoms with Crippen LogP contribution in [-0.4, -0.2) is 63.6 Å². The second kappa shape index (κ2) is 7.20. The summed E-state index contributed by atoms with van der Waals surface area (Å²) in [5.74, 6) is -1.09. The Bertz CT molecular complexity index is 1060. The third kappa shape index (κ3) is 3.31. The van der Waals surface area contributed by atoms with Gasteiger partial charge >= 0.3 is 0 Å². The summed E-state index contributed by atoms with van der Waals surface area (Å²) in [6.07, 6.45) is 4.26. The summed E-state index contributed by atoms with van der Waals surface area (Å²) in [6.45, 7) is 0.754. The van der Waals surface area contributed by atoms with Gasteiger partial charge in [-0.2, -0.15) is 9.40 Å². The molecule has 12 heteroatoms. The molecule has 1 saturated heterocycles. The lowest BCUT2D eigenvalue weighted by Gasteiger charge is -2.34. The fourth-order valence-electron chi connectivity index (χ4n) is 2.98. The highest BCUT2D eigenvalue weighted by Crippen LogP contribution is 2.24. The second-order valence-corrected chi connectivity index (χ2v) is 7.89. The van der Waals surface area contributed by atoms with Crippen molar-refractivity contribution in [1.29, 1.82) is 0 Å². The molecule has 0 radical (unpaired) electrons. The molecule has 0 saturated carbocycles. The number of nitrogens with zero attached hydrogens (tertiary/aromatic N) is 7. The van der Waals surface area contributed by atoms with Gasteiger partial charge in [-0.1, -0.05) is 6.07 Å². The maximum Gasteiger partial charge on any atom is 0.249 e. The molecule has 0 bridgehead atoms. The summed E-state index contributed by atoms with van der Waals surface area (Å²) in [7, 11) is -4.27. The molecule has 4 rings (SSSR count). The monoisotopic (exact) mass is 407 g/mol. The Morgan fingerprint density at radius 2 is 1.61 bits per heavy atom. The van der Waals surface area contributed by atoms with Crippen LogP contribution in [0.25, 0.3) is 5.82 Å². The van der Waals surface area contributed by atoms with Crippen molar-refractivity contribution in [3.8, 4) is 5.82 Å². The summed E-state index contributed by atoms with van der Waals surface area (Å²) in [4.78, 5) is 13.1. The van der Waals surface area contributed by atoms with Crippen LogP contribution in [0.1, 0.15) is 0 Å². The molecular formula is C16H15F2N7O2S. The molecule has 2 aromatic heterocycles. The Morgan fingerprint density at radius 1 is 0.929 bits per heavy atom. The highest BCUT2D eigenvalue weighted by atomic mass is 32.2. The van der Waals surface area contributed by atoms with E-state index in [2.05, 4.69) is 20.1 Å². The minimum Gasteiger partial charge on any atom is -0.354 e. The molecule has 0 spiro atoms. The van der Waals surface area contributed by atoms with Crippen molar-refractivity contribution >= 4 is 15.8 Å². The summed E-state index contributed by atoms with van der Waals surface area (Å²) in [5, 5.41) is 4.01. The van der Waals surface area contributed by atoms with Crippen LogP contribution in [0, 0.1) is 11.6 Å². The second-order valence-electron chi connectivity index (χ2n) is 6.02. The van der Waals surface area contributed by atoms with Crippen LogP contribution in [0.4, 0.5) is 14.6 Å². The highest BCUT2D eigenvalue weighted by molar-refractivity contribution is 7.89. The van der Waals surface area contributed by atoms with Gasteiger partial charge in [0.2, 0.25) is 10.0 Å². The number of piperazine rings is 1.